The molecule has 1 fully saturated rings. The number of nitrogens with zero attached hydrogens (tertiary/aromatic N) is 5. The number of fused-ring (bicyclic) bond motifs is 1. The van der Waals surface area contributed by atoms with E-state index in [9.17, 15) is 13.9 Å². The molecule has 33 heavy (non-hydrogen) atoms. The van der Waals surface area contributed by atoms with Crippen molar-refractivity contribution in [2.45, 2.75) is 25.9 Å². The summed E-state index contributed by atoms with van der Waals surface area (Å²) in [5.74, 6) is -1.12. The van der Waals surface area contributed by atoms with Crippen LogP contribution >= 0.6 is 11.3 Å². The van der Waals surface area contributed by atoms with Crippen molar-refractivity contribution in [3.05, 3.63) is 82.0 Å². The monoisotopic (exact) mass is 469 g/mol. The fourth-order valence-corrected chi connectivity index (χ4v) is 5.49. The molecule has 9 heteroatoms. The third-order valence-corrected chi connectivity index (χ3v) is 7.16. The van der Waals surface area contributed by atoms with Crippen LogP contribution in [0.15, 0.2) is 48.5 Å². The molecular weight excluding hydrogens is 444 g/mol. The molecule has 0 radical (unpaired) electrons. The Bertz CT molecular complexity index is 1250. The maximum absolute atomic E-state index is 14.2. The van der Waals surface area contributed by atoms with Crippen molar-refractivity contribution >= 4 is 16.3 Å². The van der Waals surface area contributed by atoms with Crippen LogP contribution in [0.4, 0.5) is 8.78 Å². The minimum absolute atomic E-state index is 0.00338. The molecule has 6 nitrogen and oxygen atoms in total. The Labute approximate surface area is 194 Å². The van der Waals surface area contributed by atoms with Gasteiger partial charge in [0.25, 0.3) is 0 Å². The van der Waals surface area contributed by atoms with Gasteiger partial charge in [0.1, 0.15) is 0 Å². The number of hydrogen-bond donors (Lipinski definition) is 1. The smallest absolute Gasteiger partial charge is 0.230 e. The molecule has 0 unspecified atom stereocenters. The van der Waals surface area contributed by atoms with Gasteiger partial charge in [-0.25, -0.2) is 13.8 Å². The summed E-state index contributed by atoms with van der Waals surface area (Å²) in [5.41, 5.74) is 1.86. The van der Waals surface area contributed by atoms with Crippen LogP contribution in [0.3, 0.4) is 0 Å². The van der Waals surface area contributed by atoms with Gasteiger partial charge in [-0.3, -0.25) is 9.80 Å². The number of thiazole rings is 1. The van der Waals surface area contributed by atoms with E-state index in [-0.39, 0.29) is 5.88 Å². The quantitative estimate of drug-likeness (QED) is 0.458. The Morgan fingerprint density at radius 1 is 1.03 bits per heavy atom. The van der Waals surface area contributed by atoms with Gasteiger partial charge in [-0.15, -0.1) is 5.10 Å². The van der Waals surface area contributed by atoms with E-state index in [4.69, 9.17) is 0 Å². The first-order valence-electron chi connectivity index (χ1n) is 11.1. The van der Waals surface area contributed by atoms with Gasteiger partial charge in [-0.2, -0.15) is 4.52 Å². The van der Waals surface area contributed by atoms with Crippen molar-refractivity contribution in [3.8, 4) is 5.88 Å². The molecule has 1 saturated heterocycles. The molecule has 0 amide bonds. The summed E-state index contributed by atoms with van der Waals surface area (Å²) in [6, 6.07) is 13.9. The minimum Gasteiger partial charge on any atom is -0.492 e. The van der Waals surface area contributed by atoms with Gasteiger partial charge in [-0.1, -0.05) is 54.7 Å². The van der Waals surface area contributed by atoms with Crippen LogP contribution < -0.4 is 0 Å². The molecule has 0 bridgehead atoms. The Morgan fingerprint density at radius 3 is 2.45 bits per heavy atom. The van der Waals surface area contributed by atoms with Gasteiger partial charge in [0.2, 0.25) is 10.8 Å². The van der Waals surface area contributed by atoms with Crippen LogP contribution in [-0.4, -0.2) is 55.7 Å². The molecule has 1 N–H and O–H groups in total. The second-order valence-electron chi connectivity index (χ2n) is 8.24. The molecule has 0 saturated carbocycles. The van der Waals surface area contributed by atoms with E-state index in [0.717, 1.165) is 38.8 Å². The Balaban J connectivity index is 1.44. The van der Waals surface area contributed by atoms with Crippen LogP contribution in [0.1, 0.15) is 34.8 Å². The summed E-state index contributed by atoms with van der Waals surface area (Å²) in [5, 5.41) is 15.4. The maximum atomic E-state index is 14.2. The predicted octanol–water partition coefficient (Wildman–Crippen LogP) is 4.24. The van der Waals surface area contributed by atoms with Gasteiger partial charge in [0, 0.05) is 39.1 Å². The summed E-state index contributed by atoms with van der Waals surface area (Å²) in [4.78, 5) is 10.3. The topological polar surface area (TPSA) is 56.9 Å². The zero-order valence-corrected chi connectivity index (χ0v) is 19.1. The minimum atomic E-state index is -0.896. The Morgan fingerprint density at radius 2 is 1.79 bits per heavy atom. The summed E-state index contributed by atoms with van der Waals surface area (Å²) in [6.07, 6.45) is 0.666. The molecule has 172 valence electrons. The van der Waals surface area contributed by atoms with Crippen LogP contribution in [-0.2, 0) is 13.0 Å². The number of hydrogen-bond acceptors (Lipinski definition) is 6. The van der Waals surface area contributed by atoms with Crippen LogP contribution in [0.5, 0.6) is 5.88 Å². The van der Waals surface area contributed by atoms with E-state index in [2.05, 4.69) is 32.0 Å². The zero-order chi connectivity index (χ0) is 22.9. The van der Waals surface area contributed by atoms with E-state index >= 15 is 0 Å². The summed E-state index contributed by atoms with van der Waals surface area (Å²) < 4.78 is 29.3. The SMILES string of the molecule is CCc1nc2sc([C@H](c3ccc(F)c(F)c3)N3CCN(Cc4ccccc4)CC3)c(O)n2n1. The third-order valence-electron chi connectivity index (χ3n) is 6.09. The molecule has 0 spiro atoms. The van der Waals surface area contributed by atoms with Gasteiger partial charge < -0.3 is 5.11 Å². The number of benzene rings is 2. The standard InChI is InChI=1S/C24H25F2N5OS/c1-2-20-27-24-31(28-20)23(32)22(33-24)21(17-8-9-18(25)19(26)14-17)30-12-10-29(11-13-30)15-16-6-4-3-5-7-16/h3-9,14,21,32H,2,10-13,15H2,1H3/t21-/m0/s1. The first kappa shape index (κ1) is 21.9. The Kier molecular flexibility index (Phi) is 6.09. The van der Waals surface area contributed by atoms with Crippen LogP contribution in [0, 0.1) is 11.6 Å². The predicted molar refractivity (Wildman–Crippen MR) is 123 cm³/mol. The van der Waals surface area contributed by atoms with Gasteiger partial charge in [0.15, 0.2) is 17.5 Å². The molecule has 1 aliphatic heterocycles. The van der Waals surface area contributed by atoms with Crippen molar-refractivity contribution in [2.24, 2.45) is 0 Å². The van der Waals surface area contributed by atoms with Gasteiger partial charge in [-0.05, 0) is 23.3 Å². The first-order chi connectivity index (χ1) is 16.0. The first-order valence-corrected chi connectivity index (χ1v) is 11.9. The molecule has 2 aromatic carbocycles. The average molecular weight is 470 g/mol. The average Bonchev–Trinajstić information content (AvgIpc) is 3.37. The normalized spacial score (nSPS) is 16.5. The van der Waals surface area contributed by atoms with Crippen LogP contribution in [0.25, 0.3) is 4.96 Å². The van der Waals surface area contributed by atoms with E-state index < -0.39 is 17.7 Å². The molecule has 0 aliphatic carbocycles. The largest absolute Gasteiger partial charge is 0.492 e. The van der Waals surface area contributed by atoms with Gasteiger partial charge in [0.05, 0.1) is 10.9 Å². The van der Waals surface area contributed by atoms with Crippen molar-refractivity contribution in [3.63, 3.8) is 0 Å². The summed E-state index contributed by atoms with van der Waals surface area (Å²) >= 11 is 1.34. The summed E-state index contributed by atoms with van der Waals surface area (Å²) in [7, 11) is 0. The van der Waals surface area contributed by atoms with E-state index in [0.29, 0.717) is 27.6 Å². The highest BCUT2D eigenvalue weighted by Crippen LogP contribution is 2.40. The highest BCUT2D eigenvalue weighted by molar-refractivity contribution is 7.17. The highest BCUT2D eigenvalue weighted by atomic mass is 32.1. The molecular formula is C24H25F2N5OS. The molecule has 5 rings (SSSR count). The lowest BCUT2D eigenvalue weighted by atomic mass is 10.0. The lowest BCUT2D eigenvalue weighted by Gasteiger charge is -2.39. The second kappa shape index (κ2) is 9.17. The Hall–Kier alpha value is -2.88. The molecule has 1 aliphatic rings. The van der Waals surface area contributed by atoms with Gasteiger partial charge >= 0.3 is 0 Å². The van der Waals surface area contributed by atoms with Crippen LogP contribution in [0.2, 0.25) is 0 Å². The van der Waals surface area contributed by atoms with Crippen molar-refractivity contribution in [1.29, 1.82) is 0 Å². The molecule has 4 aromatic rings. The van der Waals surface area contributed by atoms with Crippen molar-refractivity contribution < 1.29 is 13.9 Å². The molecule has 3 heterocycles. The number of aryl methyl sites for hydroxylation is 1. The fourth-order valence-electron chi connectivity index (χ4n) is 4.35. The third kappa shape index (κ3) is 4.36. The van der Waals surface area contributed by atoms with E-state index in [1.165, 1.54) is 27.5 Å². The maximum Gasteiger partial charge on any atom is 0.230 e. The summed E-state index contributed by atoms with van der Waals surface area (Å²) in [6.45, 7) is 5.93. The van der Waals surface area contributed by atoms with Crippen molar-refractivity contribution in [1.82, 2.24) is 24.4 Å². The van der Waals surface area contributed by atoms with E-state index in [1.54, 1.807) is 6.07 Å². The lowest BCUT2D eigenvalue weighted by molar-refractivity contribution is 0.105. The number of aromatic nitrogens is 3. The number of rotatable bonds is 6. The number of halogens is 2. The zero-order valence-electron chi connectivity index (χ0n) is 18.3. The van der Waals surface area contributed by atoms with Crippen molar-refractivity contribution in [2.75, 3.05) is 26.2 Å². The van der Waals surface area contributed by atoms with E-state index in [1.807, 2.05) is 25.1 Å². The fraction of sp³-hybridized carbons (Fsp3) is 0.333. The number of aromatic hydroxyl groups is 1. The highest BCUT2D eigenvalue weighted by Gasteiger charge is 2.32. The molecule has 2 aromatic heterocycles. The number of piperazine rings is 1. The molecule has 1 atom stereocenters. The lowest BCUT2D eigenvalue weighted by Crippen LogP contribution is -2.47. The second-order valence-corrected chi connectivity index (χ2v) is 9.25.